The molecule has 1 heterocycles. The zero-order valence-electron chi connectivity index (χ0n) is 19.5. The molecule has 1 N–H and O–H groups in total. The van der Waals surface area contributed by atoms with Gasteiger partial charge in [-0.3, -0.25) is 9.10 Å². The lowest BCUT2D eigenvalue weighted by Gasteiger charge is -2.24. The Morgan fingerprint density at radius 1 is 0.914 bits per heavy atom. The Hall–Kier alpha value is -4.04. The van der Waals surface area contributed by atoms with E-state index < -0.39 is 10.0 Å². The summed E-state index contributed by atoms with van der Waals surface area (Å²) in [4.78, 5) is 21.5. The smallest absolute Gasteiger partial charge is 0.264 e. The van der Waals surface area contributed by atoms with Crippen LogP contribution in [-0.2, 0) is 14.8 Å². The second kappa shape index (κ2) is 10.5. The maximum absolute atomic E-state index is 13.4. The number of carbonyl (C=O) groups is 1. The van der Waals surface area contributed by atoms with E-state index >= 15 is 0 Å². The standard InChI is InChI=1S/C27H26N4O3S/c1-20-11-13-25(14-12-20)35(33,34)31(24-9-4-3-5-10-24)18-16-27(32)30-23-8-6-7-22(19-23)26-15-17-28-21(2)29-26/h3-15,17,19H,16,18H2,1-2H3,(H,30,32). The van der Waals surface area contributed by atoms with Gasteiger partial charge in [0, 0.05) is 30.4 Å². The zero-order valence-corrected chi connectivity index (χ0v) is 20.4. The SMILES string of the molecule is Cc1ccc(S(=O)(=O)N(CCC(=O)Nc2cccc(-c3ccnc(C)n3)c2)c2ccccc2)cc1. The Labute approximate surface area is 205 Å². The number of hydrogen-bond donors (Lipinski definition) is 1. The number of para-hydroxylation sites is 1. The molecular weight excluding hydrogens is 460 g/mol. The van der Waals surface area contributed by atoms with Crippen molar-refractivity contribution in [2.45, 2.75) is 25.2 Å². The zero-order chi connectivity index (χ0) is 24.8. The predicted octanol–water partition coefficient (Wildman–Crippen LogP) is 4.98. The monoisotopic (exact) mass is 486 g/mol. The summed E-state index contributed by atoms with van der Waals surface area (Å²) in [6.45, 7) is 3.71. The van der Waals surface area contributed by atoms with Crippen molar-refractivity contribution < 1.29 is 13.2 Å². The van der Waals surface area contributed by atoms with Crippen LogP contribution in [0.4, 0.5) is 11.4 Å². The lowest BCUT2D eigenvalue weighted by molar-refractivity contribution is -0.116. The second-order valence-electron chi connectivity index (χ2n) is 8.09. The van der Waals surface area contributed by atoms with Gasteiger partial charge in [0.15, 0.2) is 0 Å². The van der Waals surface area contributed by atoms with E-state index in [9.17, 15) is 13.2 Å². The number of nitrogens with one attached hydrogen (secondary N) is 1. The minimum atomic E-state index is -3.85. The molecule has 8 heteroatoms. The molecule has 1 aromatic heterocycles. The molecule has 0 atom stereocenters. The molecule has 0 bridgehead atoms. The van der Waals surface area contributed by atoms with Gasteiger partial charge in [0.1, 0.15) is 5.82 Å². The van der Waals surface area contributed by atoms with E-state index in [1.807, 2.05) is 44.2 Å². The van der Waals surface area contributed by atoms with Gasteiger partial charge in [-0.2, -0.15) is 0 Å². The Bertz CT molecular complexity index is 1420. The second-order valence-corrected chi connectivity index (χ2v) is 9.96. The van der Waals surface area contributed by atoms with Crippen molar-refractivity contribution in [1.82, 2.24) is 9.97 Å². The highest BCUT2D eigenvalue weighted by Crippen LogP contribution is 2.25. The lowest BCUT2D eigenvalue weighted by atomic mass is 10.1. The average Bonchev–Trinajstić information content (AvgIpc) is 2.85. The summed E-state index contributed by atoms with van der Waals surface area (Å²) in [5.74, 6) is 0.369. The van der Waals surface area contributed by atoms with Crippen molar-refractivity contribution >= 4 is 27.3 Å². The molecule has 0 aliphatic carbocycles. The predicted molar refractivity (Wildman–Crippen MR) is 138 cm³/mol. The van der Waals surface area contributed by atoms with Crippen LogP contribution < -0.4 is 9.62 Å². The van der Waals surface area contributed by atoms with Crippen LogP contribution in [0.1, 0.15) is 17.8 Å². The fraction of sp³-hybridized carbons (Fsp3) is 0.148. The first-order valence-corrected chi connectivity index (χ1v) is 12.6. The van der Waals surface area contributed by atoms with E-state index in [0.717, 1.165) is 16.8 Å². The van der Waals surface area contributed by atoms with Gasteiger partial charge in [-0.25, -0.2) is 18.4 Å². The highest BCUT2D eigenvalue weighted by atomic mass is 32.2. The summed E-state index contributed by atoms with van der Waals surface area (Å²) >= 11 is 0. The van der Waals surface area contributed by atoms with Crippen LogP contribution in [0.2, 0.25) is 0 Å². The fourth-order valence-corrected chi connectivity index (χ4v) is 5.09. The molecule has 4 rings (SSSR count). The molecule has 0 radical (unpaired) electrons. The van der Waals surface area contributed by atoms with Crippen LogP contribution in [-0.4, -0.2) is 30.8 Å². The summed E-state index contributed by atoms with van der Waals surface area (Å²) < 4.78 is 28.1. The summed E-state index contributed by atoms with van der Waals surface area (Å²) in [7, 11) is -3.85. The maximum atomic E-state index is 13.4. The molecule has 0 saturated carbocycles. The minimum absolute atomic E-state index is 0.00312. The molecule has 7 nitrogen and oxygen atoms in total. The summed E-state index contributed by atoms with van der Waals surface area (Å²) in [5, 5.41) is 2.87. The molecule has 0 aliphatic rings. The van der Waals surface area contributed by atoms with Crippen LogP contribution in [0.25, 0.3) is 11.3 Å². The number of rotatable bonds is 8. The number of carbonyl (C=O) groups excluding carboxylic acids is 1. The number of benzene rings is 3. The molecule has 0 fully saturated rings. The van der Waals surface area contributed by atoms with E-state index in [1.54, 1.807) is 60.8 Å². The van der Waals surface area contributed by atoms with E-state index in [1.165, 1.54) is 4.31 Å². The first-order chi connectivity index (χ1) is 16.8. The molecule has 4 aromatic rings. The molecule has 35 heavy (non-hydrogen) atoms. The van der Waals surface area contributed by atoms with Crippen molar-refractivity contribution in [1.29, 1.82) is 0 Å². The number of sulfonamides is 1. The molecule has 0 saturated heterocycles. The third-order valence-corrected chi connectivity index (χ3v) is 7.25. The first-order valence-electron chi connectivity index (χ1n) is 11.2. The molecule has 0 unspecified atom stereocenters. The third kappa shape index (κ3) is 5.91. The molecule has 0 spiro atoms. The topological polar surface area (TPSA) is 92.3 Å². The van der Waals surface area contributed by atoms with Crippen LogP contribution >= 0.6 is 0 Å². The Balaban J connectivity index is 1.51. The molecule has 1 amide bonds. The normalized spacial score (nSPS) is 11.1. The van der Waals surface area contributed by atoms with E-state index in [-0.39, 0.29) is 23.8 Å². The van der Waals surface area contributed by atoms with E-state index in [4.69, 9.17) is 0 Å². The Morgan fingerprint density at radius 3 is 2.37 bits per heavy atom. The van der Waals surface area contributed by atoms with Crippen LogP contribution in [0.3, 0.4) is 0 Å². The van der Waals surface area contributed by atoms with Gasteiger partial charge in [-0.05, 0) is 56.3 Å². The number of amides is 1. The first kappa shape index (κ1) is 24.1. The molecule has 178 valence electrons. The summed E-state index contributed by atoms with van der Waals surface area (Å²) in [6.07, 6.45) is 1.67. The number of nitrogens with zero attached hydrogens (tertiary/aromatic N) is 3. The fourth-order valence-electron chi connectivity index (χ4n) is 3.62. The summed E-state index contributed by atoms with van der Waals surface area (Å²) in [6, 6.07) is 24.6. The van der Waals surface area contributed by atoms with E-state index in [2.05, 4.69) is 15.3 Å². The van der Waals surface area contributed by atoms with Gasteiger partial charge in [-0.15, -0.1) is 0 Å². The summed E-state index contributed by atoms with van der Waals surface area (Å²) in [5.41, 5.74) is 3.68. The number of aromatic nitrogens is 2. The maximum Gasteiger partial charge on any atom is 0.264 e. The van der Waals surface area contributed by atoms with Crippen molar-refractivity contribution in [3.8, 4) is 11.3 Å². The van der Waals surface area contributed by atoms with Crippen LogP contribution in [0.5, 0.6) is 0 Å². The lowest BCUT2D eigenvalue weighted by Crippen LogP contribution is -2.34. The molecule has 3 aromatic carbocycles. The largest absolute Gasteiger partial charge is 0.326 e. The Morgan fingerprint density at radius 2 is 1.66 bits per heavy atom. The van der Waals surface area contributed by atoms with Crippen molar-refractivity contribution in [3.05, 3.63) is 103 Å². The quantitative estimate of drug-likeness (QED) is 0.379. The van der Waals surface area contributed by atoms with Crippen LogP contribution in [0.15, 0.2) is 96.0 Å². The van der Waals surface area contributed by atoms with Gasteiger partial charge in [0.25, 0.3) is 10.0 Å². The number of hydrogen-bond acceptors (Lipinski definition) is 5. The minimum Gasteiger partial charge on any atom is -0.326 e. The van der Waals surface area contributed by atoms with Gasteiger partial charge >= 0.3 is 0 Å². The van der Waals surface area contributed by atoms with Crippen molar-refractivity contribution in [3.63, 3.8) is 0 Å². The average molecular weight is 487 g/mol. The van der Waals surface area contributed by atoms with Crippen LogP contribution in [0, 0.1) is 13.8 Å². The van der Waals surface area contributed by atoms with E-state index in [0.29, 0.717) is 17.2 Å². The Kier molecular flexibility index (Phi) is 7.22. The van der Waals surface area contributed by atoms with Crippen molar-refractivity contribution in [2.24, 2.45) is 0 Å². The van der Waals surface area contributed by atoms with Gasteiger partial charge in [-0.1, -0.05) is 48.0 Å². The molecule has 0 aliphatic heterocycles. The van der Waals surface area contributed by atoms with Gasteiger partial charge in [0.2, 0.25) is 5.91 Å². The highest BCUT2D eigenvalue weighted by molar-refractivity contribution is 7.92. The van der Waals surface area contributed by atoms with Gasteiger partial charge in [0.05, 0.1) is 16.3 Å². The highest BCUT2D eigenvalue weighted by Gasteiger charge is 2.25. The van der Waals surface area contributed by atoms with Gasteiger partial charge < -0.3 is 5.32 Å². The number of anilines is 2. The number of aryl methyl sites for hydroxylation is 2. The van der Waals surface area contributed by atoms with Crippen molar-refractivity contribution in [2.75, 3.05) is 16.2 Å². The third-order valence-electron chi connectivity index (χ3n) is 5.41. The molecular formula is C27H26N4O3S.